The van der Waals surface area contributed by atoms with Crippen LogP contribution in [0, 0.1) is 22.7 Å². The zero-order chi connectivity index (χ0) is 13.0. The van der Waals surface area contributed by atoms with Crippen molar-refractivity contribution in [2.75, 3.05) is 26.2 Å². The van der Waals surface area contributed by atoms with Gasteiger partial charge in [0.15, 0.2) is 0 Å². The number of likely N-dealkylation sites (tertiary alicyclic amines) is 1. The lowest BCUT2D eigenvalue weighted by Crippen LogP contribution is -2.29. The fourth-order valence-corrected chi connectivity index (χ4v) is 3.91. The number of nitrogens with zero attached hydrogens (tertiary/aromatic N) is 1. The second kappa shape index (κ2) is 4.21. The van der Waals surface area contributed by atoms with E-state index in [0.717, 1.165) is 17.9 Å². The molecule has 2 nitrogen and oxygen atoms in total. The van der Waals surface area contributed by atoms with Crippen molar-refractivity contribution in [1.29, 1.82) is 0 Å². The van der Waals surface area contributed by atoms with E-state index in [1.54, 1.807) is 0 Å². The van der Waals surface area contributed by atoms with E-state index in [1.807, 2.05) is 0 Å². The largest absolute Gasteiger partial charge is 0.314 e. The Kier molecular flexibility index (Phi) is 3.02. The molecule has 18 heavy (non-hydrogen) atoms. The van der Waals surface area contributed by atoms with Crippen molar-refractivity contribution < 1.29 is 0 Å². The van der Waals surface area contributed by atoms with Gasteiger partial charge in [0.2, 0.25) is 0 Å². The van der Waals surface area contributed by atoms with Crippen LogP contribution in [0.15, 0.2) is 0 Å². The predicted molar refractivity (Wildman–Crippen MR) is 76.6 cm³/mol. The van der Waals surface area contributed by atoms with Crippen molar-refractivity contribution in [3.8, 4) is 0 Å². The molecule has 2 aliphatic carbocycles. The van der Waals surface area contributed by atoms with Crippen molar-refractivity contribution >= 4 is 0 Å². The molecule has 0 aromatic rings. The topological polar surface area (TPSA) is 15.3 Å². The molecule has 0 aromatic heterocycles. The van der Waals surface area contributed by atoms with Crippen LogP contribution < -0.4 is 5.32 Å². The molecule has 1 unspecified atom stereocenters. The van der Waals surface area contributed by atoms with Crippen LogP contribution in [0.25, 0.3) is 0 Å². The van der Waals surface area contributed by atoms with Crippen LogP contribution in [0.1, 0.15) is 47.0 Å². The van der Waals surface area contributed by atoms with Gasteiger partial charge in [-0.25, -0.2) is 0 Å². The minimum Gasteiger partial charge on any atom is -0.314 e. The smallest absolute Gasteiger partial charge is 0.00683 e. The summed E-state index contributed by atoms with van der Waals surface area (Å²) < 4.78 is 0. The highest BCUT2D eigenvalue weighted by molar-refractivity contribution is 5.13. The number of hydrogen-bond acceptors (Lipinski definition) is 2. The quantitative estimate of drug-likeness (QED) is 0.807. The number of hydrogen-bond donors (Lipinski definition) is 1. The van der Waals surface area contributed by atoms with Gasteiger partial charge in [0, 0.05) is 19.1 Å². The molecule has 1 aliphatic heterocycles. The van der Waals surface area contributed by atoms with E-state index in [9.17, 15) is 0 Å². The summed E-state index contributed by atoms with van der Waals surface area (Å²) in [5.41, 5.74) is 1.11. The average molecular weight is 250 g/mol. The van der Waals surface area contributed by atoms with Gasteiger partial charge in [-0.2, -0.15) is 0 Å². The second-order valence-corrected chi connectivity index (χ2v) is 8.09. The van der Waals surface area contributed by atoms with Crippen LogP contribution in [0.4, 0.5) is 0 Å². The second-order valence-electron chi connectivity index (χ2n) is 8.09. The molecule has 0 spiro atoms. The third-order valence-corrected chi connectivity index (χ3v) is 6.40. The zero-order valence-electron chi connectivity index (χ0n) is 12.6. The molecular weight excluding hydrogens is 220 g/mol. The molecule has 1 atom stereocenters. The third-order valence-electron chi connectivity index (χ3n) is 6.40. The van der Waals surface area contributed by atoms with Gasteiger partial charge >= 0.3 is 0 Å². The lowest BCUT2D eigenvalue weighted by atomic mass is 10.0. The summed E-state index contributed by atoms with van der Waals surface area (Å²) in [7, 11) is 0. The summed E-state index contributed by atoms with van der Waals surface area (Å²) in [6.07, 6.45) is 4.25. The van der Waals surface area contributed by atoms with Crippen LogP contribution in [-0.2, 0) is 0 Å². The molecule has 104 valence electrons. The lowest BCUT2D eigenvalue weighted by Gasteiger charge is -2.17. The molecule has 2 heteroatoms. The van der Waals surface area contributed by atoms with E-state index in [0.29, 0.717) is 10.8 Å². The Morgan fingerprint density at radius 2 is 1.72 bits per heavy atom. The van der Waals surface area contributed by atoms with Gasteiger partial charge in [-0.1, -0.05) is 27.7 Å². The zero-order valence-corrected chi connectivity index (χ0v) is 12.6. The maximum atomic E-state index is 3.69. The minimum atomic E-state index is 0.553. The van der Waals surface area contributed by atoms with E-state index in [2.05, 4.69) is 37.9 Å². The fraction of sp³-hybridized carbons (Fsp3) is 1.00. The normalized spacial score (nSPS) is 35.0. The van der Waals surface area contributed by atoms with Crippen molar-refractivity contribution in [2.45, 2.75) is 53.0 Å². The standard InChI is InChI=1S/C16H30N2/c1-15(2)14(16(15,3)4)11-18-8-7-12(10-18)9-17-13-5-6-13/h12-14,17H,5-11H2,1-4H3. The number of nitrogens with one attached hydrogen (secondary N) is 1. The lowest BCUT2D eigenvalue weighted by molar-refractivity contribution is 0.287. The number of rotatable bonds is 5. The predicted octanol–water partition coefficient (Wildman–Crippen LogP) is 2.74. The highest BCUT2D eigenvalue weighted by Gasteiger charge is 2.64. The molecule has 0 bridgehead atoms. The van der Waals surface area contributed by atoms with Gasteiger partial charge in [-0.05, 0) is 55.0 Å². The summed E-state index contributed by atoms with van der Waals surface area (Å²) in [6.45, 7) is 15.0. The Hall–Kier alpha value is -0.0800. The molecule has 3 rings (SSSR count). The summed E-state index contributed by atoms with van der Waals surface area (Å²) >= 11 is 0. The van der Waals surface area contributed by atoms with Crippen LogP contribution in [-0.4, -0.2) is 37.1 Å². The summed E-state index contributed by atoms with van der Waals surface area (Å²) in [4.78, 5) is 2.72. The van der Waals surface area contributed by atoms with Crippen molar-refractivity contribution in [3.05, 3.63) is 0 Å². The first-order chi connectivity index (χ1) is 8.41. The highest BCUT2D eigenvalue weighted by Crippen LogP contribution is 2.68. The Bertz CT molecular complexity index is 303. The van der Waals surface area contributed by atoms with Crippen LogP contribution in [0.5, 0.6) is 0 Å². The van der Waals surface area contributed by atoms with Crippen molar-refractivity contribution in [3.63, 3.8) is 0 Å². The Morgan fingerprint density at radius 1 is 1.06 bits per heavy atom. The monoisotopic (exact) mass is 250 g/mol. The van der Waals surface area contributed by atoms with E-state index in [-0.39, 0.29) is 0 Å². The summed E-state index contributed by atoms with van der Waals surface area (Å²) in [6, 6.07) is 0.875. The maximum Gasteiger partial charge on any atom is 0.00683 e. The van der Waals surface area contributed by atoms with Crippen molar-refractivity contribution in [2.24, 2.45) is 22.7 Å². The minimum absolute atomic E-state index is 0.553. The van der Waals surface area contributed by atoms with Crippen LogP contribution >= 0.6 is 0 Å². The van der Waals surface area contributed by atoms with Gasteiger partial charge < -0.3 is 10.2 Å². The Labute approximate surface area is 113 Å². The van der Waals surface area contributed by atoms with E-state index in [1.165, 1.54) is 45.4 Å². The molecule has 2 saturated carbocycles. The first-order valence-corrected chi connectivity index (χ1v) is 7.87. The fourth-order valence-electron chi connectivity index (χ4n) is 3.91. The molecule has 1 heterocycles. The van der Waals surface area contributed by atoms with E-state index >= 15 is 0 Å². The van der Waals surface area contributed by atoms with Gasteiger partial charge in [0.05, 0.1) is 0 Å². The first-order valence-electron chi connectivity index (χ1n) is 7.87. The molecule has 0 aromatic carbocycles. The average Bonchev–Trinajstić information content (AvgIpc) is 3.10. The van der Waals surface area contributed by atoms with Gasteiger partial charge in [-0.15, -0.1) is 0 Å². The molecule has 3 aliphatic rings. The van der Waals surface area contributed by atoms with E-state index in [4.69, 9.17) is 0 Å². The van der Waals surface area contributed by atoms with Gasteiger partial charge in [0.1, 0.15) is 0 Å². The van der Waals surface area contributed by atoms with Gasteiger partial charge in [0.25, 0.3) is 0 Å². The van der Waals surface area contributed by atoms with Crippen molar-refractivity contribution in [1.82, 2.24) is 10.2 Å². The van der Waals surface area contributed by atoms with Crippen LogP contribution in [0.3, 0.4) is 0 Å². The molecule has 1 N–H and O–H groups in total. The molecule has 0 amide bonds. The SMILES string of the molecule is CC1(C)C(CN2CCC(CNC3CC3)C2)C1(C)C. The summed E-state index contributed by atoms with van der Waals surface area (Å²) in [5, 5.41) is 3.69. The first kappa shape index (κ1) is 12.9. The third kappa shape index (κ3) is 2.22. The van der Waals surface area contributed by atoms with E-state index < -0.39 is 0 Å². The summed E-state index contributed by atoms with van der Waals surface area (Å²) in [5.74, 6) is 1.82. The Balaban J connectivity index is 1.42. The molecular formula is C16H30N2. The molecule has 0 radical (unpaired) electrons. The Morgan fingerprint density at radius 3 is 2.28 bits per heavy atom. The highest BCUT2D eigenvalue weighted by atomic mass is 15.2. The molecule has 1 saturated heterocycles. The van der Waals surface area contributed by atoms with Gasteiger partial charge in [-0.3, -0.25) is 0 Å². The van der Waals surface area contributed by atoms with Crippen LogP contribution in [0.2, 0.25) is 0 Å². The maximum absolute atomic E-state index is 3.69. The molecule has 3 fully saturated rings.